The highest BCUT2D eigenvalue weighted by Crippen LogP contribution is 2.18. The van der Waals surface area contributed by atoms with Crippen molar-refractivity contribution in [3.8, 4) is 0 Å². The Kier molecular flexibility index (Phi) is 4.87. The molecule has 1 aliphatic rings. The molecule has 9 heteroatoms. The standard InChI is InChI=1S/C13H19N3O5S/c1-16-8-10(7-11(16)13(18)21-2)22(19,20)14-6-5-12(17)15-9-3-4-9/h7-9,14H,3-6H2,1-2H3,(H,15,17). The third-order valence-electron chi connectivity index (χ3n) is 3.27. The molecule has 0 aliphatic heterocycles. The van der Waals surface area contributed by atoms with Crippen LogP contribution in [0.25, 0.3) is 0 Å². The highest BCUT2D eigenvalue weighted by molar-refractivity contribution is 7.89. The molecule has 0 radical (unpaired) electrons. The van der Waals surface area contributed by atoms with Crippen molar-refractivity contribution >= 4 is 21.9 Å². The minimum atomic E-state index is -3.77. The van der Waals surface area contributed by atoms with E-state index in [1.807, 2.05) is 0 Å². The predicted octanol–water partition coefficient (Wildman–Crippen LogP) is -0.241. The molecular formula is C13H19N3O5S. The SMILES string of the molecule is COC(=O)c1cc(S(=O)(=O)NCCC(=O)NC2CC2)cn1C. The lowest BCUT2D eigenvalue weighted by Gasteiger charge is -2.05. The van der Waals surface area contributed by atoms with E-state index >= 15 is 0 Å². The number of aromatic nitrogens is 1. The monoisotopic (exact) mass is 329 g/mol. The molecule has 1 saturated carbocycles. The number of rotatable bonds is 7. The van der Waals surface area contributed by atoms with E-state index in [9.17, 15) is 18.0 Å². The molecule has 0 saturated heterocycles. The number of esters is 1. The van der Waals surface area contributed by atoms with Crippen molar-refractivity contribution in [2.24, 2.45) is 7.05 Å². The molecule has 1 fully saturated rings. The first kappa shape index (κ1) is 16.5. The molecule has 0 spiro atoms. The van der Waals surface area contributed by atoms with Crippen molar-refractivity contribution in [2.45, 2.75) is 30.2 Å². The lowest BCUT2D eigenvalue weighted by Crippen LogP contribution is -2.31. The summed E-state index contributed by atoms with van der Waals surface area (Å²) >= 11 is 0. The molecule has 122 valence electrons. The van der Waals surface area contributed by atoms with Crippen LogP contribution in [-0.2, 0) is 26.6 Å². The van der Waals surface area contributed by atoms with Gasteiger partial charge in [-0.3, -0.25) is 4.79 Å². The van der Waals surface area contributed by atoms with Crippen LogP contribution in [0.4, 0.5) is 0 Å². The van der Waals surface area contributed by atoms with Gasteiger partial charge < -0.3 is 14.6 Å². The summed E-state index contributed by atoms with van der Waals surface area (Å²) in [5, 5.41) is 2.78. The lowest BCUT2D eigenvalue weighted by molar-refractivity contribution is -0.121. The Morgan fingerprint density at radius 3 is 2.68 bits per heavy atom. The number of ether oxygens (including phenoxy) is 1. The van der Waals surface area contributed by atoms with Crippen LogP contribution in [0.15, 0.2) is 17.2 Å². The van der Waals surface area contributed by atoms with E-state index in [1.54, 1.807) is 7.05 Å². The number of sulfonamides is 1. The maximum Gasteiger partial charge on any atom is 0.354 e. The molecule has 0 atom stereocenters. The van der Waals surface area contributed by atoms with Crippen LogP contribution >= 0.6 is 0 Å². The minimum absolute atomic E-state index is 0.00331. The van der Waals surface area contributed by atoms with Crippen molar-refractivity contribution in [2.75, 3.05) is 13.7 Å². The molecule has 2 N–H and O–H groups in total. The summed E-state index contributed by atoms with van der Waals surface area (Å²) in [5.41, 5.74) is 0.134. The number of amides is 1. The largest absolute Gasteiger partial charge is 0.464 e. The van der Waals surface area contributed by atoms with Crippen LogP contribution in [0.3, 0.4) is 0 Å². The first-order valence-electron chi connectivity index (χ1n) is 6.87. The number of hydrogen-bond acceptors (Lipinski definition) is 5. The number of methoxy groups -OCH3 is 1. The Balaban J connectivity index is 1.94. The number of hydrogen-bond donors (Lipinski definition) is 2. The van der Waals surface area contributed by atoms with Gasteiger partial charge in [-0.1, -0.05) is 0 Å². The molecule has 0 aromatic carbocycles. The van der Waals surface area contributed by atoms with Gasteiger partial charge in [0.15, 0.2) is 0 Å². The van der Waals surface area contributed by atoms with E-state index in [4.69, 9.17) is 0 Å². The molecule has 22 heavy (non-hydrogen) atoms. The summed E-state index contributed by atoms with van der Waals surface area (Å²) in [6.07, 6.45) is 3.36. The molecule has 1 aromatic heterocycles. The molecule has 0 bridgehead atoms. The maximum absolute atomic E-state index is 12.1. The van der Waals surface area contributed by atoms with Crippen LogP contribution in [0.2, 0.25) is 0 Å². The van der Waals surface area contributed by atoms with Crippen LogP contribution in [0.5, 0.6) is 0 Å². The molecule has 2 rings (SSSR count). The van der Waals surface area contributed by atoms with Gasteiger partial charge >= 0.3 is 5.97 Å². The smallest absolute Gasteiger partial charge is 0.354 e. The van der Waals surface area contributed by atoms with Gasteiger partial charge in [0.1, 0.15) is 10.6 Å². The second-order valence-electron chi connectivity index (χ2n) is 5.15. The van der Waals surface area contributed by atoms with E-state index in [2.05, 4.69) is 14.8 Å². The van der Waals surface area contributed by atoms with Crippen molar-refractivity contribution in [3.05, 3.63) is 18.0 Å². The molecular weight excluding hydrogens is 310 g/mol. The summed E-state index contributed by atoms with van der Waals surface area (Å²) in [6, 6.07) is 1.49. The summed E-state index contributed by atoms with van der Waals surface area (Å²) < 4.78 is 32.5. The van der Waals surface area contributed by atoms with Crippen molar-refractivity contribution in [1.82, 2.24) is 14.6 Å². The molecule has 1 aliphatic carbocycles. The van der Waals surface area contributed by atoms with Crippen LogP contribution in [-0.4, -0.2) is 44.6 Å². The van der Waals surface area contributed by atoms with E-state index in [0.29, 0.717) is 0 Å². The zero-order valence-corrected chi connectivity index (χ0v) is 13.3. The van der Waals surface area contributed by atoms with Gasteiger partial charge in [-0.15, -0.1) is 0 Å². The fraction of sp³-hybridized carbons (Fsp3) is 0.538. The van der Waals surface area contributed by atoms with Crippen molar-refractivity contribution in [1.29, 1.82) is 0 Å². The zero-order valence-electron chi connectivity index (χ0n) is 12.5. The molecule has 0 unspecified atom stereocenters. The highest BCUT2D eigenvalue weighted by atomic mass is 32.2. The minimum Gasteiger partial charge on any atom is -0.464 e. The van der Waals surface area contributed by atoms with Crippen molar-refractivity contribution in [3.63, 3.8) is 0 Å². The van der Waals surface area contributed by atoms with Gasteiger partial charge in [-0.05, 0) is 18.9 Å². The fourth-order valence-corrected chi connectivity index (χ4v) is 3.00. The van der Waals surface area contributed by atoms with Crippen LogP contribution in [0, 0.1) is 0 Å². The van der Waals surface area contributed by atoms with E-state index in [1.165, 1.54) is 23.9 Å². The average Bonchev–Trinajstić information content (AvgIpc) is 3.16. The number of nitrogens with one attached hydrogen (secondary N) is 2. The van der Waals surface area contributed by atoms with Crippen LogP contribution < -0.4 is 10.0 Å². The molecule has 1 amide bonds. The number of carbonyl (C=O) groups is 2. The molecule has 1 heterocycles. The van der Waals surface area contributed by atoms with Gasteiger partial charge in [-0.2, -0.15) is 0 Å². The van der Waals surface area contributed by atoms with E-state index in [-0.39, 0.29) is 35.5 Å². The average molecular weight is 329 g/mol. The summed E-state index contributed by atoms with van der Waals surface area (Å²) in [4.78, 5) is 22.9. The van der Waals surface area contributed by atoms with Gasteiger partial charge in [0.2, 0.25) is 15.9 Å². The molecule has 1 aromatic rings. The quantitative estimate of drug-likeness (QED) is 0.672. The first-order valence-corrected chi connectivity index (χ1v) is 8.35. The Morgan fingerprint density at radius 2 is 2.09 bits per heavy atom. The Labute approximate surface area is 128 Å². The number of carbonyl (C=O) groups excluding carboxylic acids is 2. The molecule has 8 nitrogen and oxygen atoms in total. The predicted molar refractivity (Wildman–Crippen MR) is 77.7 cm³/mol. The number of nitrogens with zero attached hydrogens (tertiary/aromatic N) is 1. The van der Waals surface area contributed by atoms with E-state index in [0.717, 1.165) is 12.8 Å². The normalized spacial score (nSPS) is 14.6. The Hall–Kier alpha value is -1.87. The topological polar surface area (TPSA) is 106 Å². The lowest BCUT2D eigenvalue weighted by atomic mass is 10.4. The summed E-state index contributed by atoms with van der Waals surface area (Å²) in [5.74, 6) is -0.790. The summed E-state index contributed by atoms with van der Waals surface area (Å²) in [7, 11) is -0.998. The van der Waals surface area contributed by atoms with E-state index < -0.39 is 16.0 Å². The van der Waals surface area contributed by atoms with Gasteiger partial charge in [0.25, 0.3) is 0 Å². The van der Waals surface area contributed by atoms with Gasteiger partial charge in [0, 0.05) is 32.3 Å². The highest BCUT2D eigenvalue weighted by Gasteiger charge is 2.24. The zero-order chi connectivity index (χ0) is 16.3. The first-order chi connectivity index (χ1) is 10.3. The number of aryl methyl sites for hydroxylation is 1. The second-order valence-corrected chi connectivity index (χ2v) is 6.92. The Morgan fingerprint density at radius 1 is 1.41 bits per heavy atom. The third-order valence-corrected chi connectivity index (χ3v) is 4.70. The fourth-order valence-electron chi connectivity index (χ4n) is 1.90. The second kappa shape index (κ2) is 6.49. The van der Waals surface area contributed by atoms with Crippen molar-refractivity contribution < 1.29 is 22.7 Å². The maximum atomic E-state index is 12.1. The van der Waals surface area contributed by atoms with Gasteiger partial charge in [-0.25, -0.2) is 17.9 Å². The van der Waals surface area contributed by atoms with Crippen LogP contribution in [0.1, 0.15) is 29.8 Å². The Bertz CT molecular complexity index is 676. The summed E-state index contributed by atoms with van der Waals surface area (Å²) in [6.45, 7) is 0.00331. The van der Waals surface area contributed by atoms with Gasteiger partial charge in [0.05, 0.1) is 7.11 Å². The third kappa shape index (κ3) is 4.08.